The zero-order valence-corrected chi connectivity index (χ0v) is 12.5. The van der Waals surface area contributed by atoms with Crippen molar-refractivity contribution in [3.8, 4) is 17.0 Å². The number of aromatic amines is 1. The first kappa shape index (κ1) is 9.16. The number of pyridine rings is 1. The fourth-order valence-electron chi connectivity index (χ4n) is 2.33. The Morgan fingerprint density at radius 2 is 2.28 bits per heavy atom. The topological polar surface area (TPSA) is 117 Å². The van der Waals surface area contributed by atoms with E-state index in [1.54, 1.807) is 5.32 Å². The number of ether oxygens (including phenoxy) is 1. The van der Waals surface area contributed by atoms with E-state index in [-0.39, 0.29) is 11.1 Å². The van der Waals surface area contributed by atoms with E-state index in [0.717, 1.165) is 0 Å². The van der Waals surface area contributed by atoms with Crippen LogP contribution >= 0.6 is 0 Å². The molecule has 0 saturated heterocycles. The number of hydrogen-bond acceptors (Lipinski definition) is 5. The van der Waals surface area contributed by atoms with Crippen LogP contribution in [0.4, 0.5) is 0 Å². The van der Waals surface area contributed by atoms with Gasteiger partial charge in [0, 0.05) is 30.5 Å². The fourth-order valence-corrected chi connectivity index (χ4v) is 2.33. The molecule has 8 heteroatoms. The maximum Gasteiger partial charge on any atom is 0.341 e. The van der Waals surface area contributed by atoms with Crippen molar-refractivity contribution >= 4 is 22.8 Å². The molecule has 0 aliphatic rings. The second-order valence-electron chi connectivity index (χ2n) is 4.90. The fraction of sp³-hybridized carbons (Fsp3) is 0.176. The number of carbonyl (C=O) groups excluding carboxylic acids is 1. The number of methoxy groups -OCH3 is 1. The SMILES string of the molecule is [2H]C([2H])([2H])Oc1ncc(-c2ccc3c(C(=O)NC([2H])([2H])C([2H])([2H])[2H])n[nH]c3c2)cc1C(=O)O. The second-order valence-corrected chi connectivity index (χ2v) is 4.90. The average Bonchev–Trinajstić information content (AvgIpc) is 3.09. The molecule has 0 fully saturated rings. The largest absolute Gasteiger partial charge is 0.480 e. The van der Waals surface area contributed by atoms with Gasteiger partial charge in [-0.2, -0.15) is 5.10 Å². The van der Waals surface area contributed by atoms with Gasteiger partial charge in [0.25, 0.3) is 5.91 Å². The molecule has 0 aliphatic heterocycles. The summed E-state index contributed by atoms with van der Waals surface area (Å²) in [7, 11) is -2.89. The molecule has 1 amide bonds. The number of H-pyrrole nitrogens is 1. The number of aromatic nitrogens is 3. The normalized spacial score (nSPS) is 17.0. The second kappa shape index (κ2) is 6.60. The van der Waals surface area contributed by atoms with Gasteiger partial charge in [-0.05, 0) is 30.6 Å². The lowest BCUT2D eigenvalue weighted by Crippen LogP contribution is -2.23. The van der Waals surface area contributed by atoms with Gasteiger partial charge in [-0.25, -0.2) is 9.78 Å². The third kappa shape index (κ3) is 3.01. The summed E-state index contributed by atoms with van der Waals surface area (Å²) in [4.78, 5) is 27.7. The number of benzene rings is 1. The molecule has 3 aromatic rings. The Kier molecular flexibility index (Phi) is 2.42. The van der Waals surface area contributed by atoms with Gasteiger partial charge in [-0.1, -0.05) is 6.07 Å². The number of carboxylic acids is 1. The molecule has 0 bridgehead atoms. The number of fused-ring (bicyclic) bond motifs is 1. The van der Waals surface area contributed by atoms with Crippen LogP contribution in [0.15, 0.2) is 30.5 Å². The van der Waals surface area contributed by atoms with Crippen molar-refractivity contribution in [2.24, 2.45) is 0 Å². The molecular formula is C17H16N4O4. The Morgan fingerprint density at radius 3 is 3.04 bits per heavy atom. The average molecular weight is 348 g/mol. The van der Waals surface area contributed by atoms with Gasteiger partial charge in [0.05, 0.1) is 16.7 Å². The molecule has 25 heavy (non-hydrogen) atoms. The smallest absolute Gasteiger partial charge is 0.341 e. The molecular weight excluding hydrogens is 324 g/mol. The third-order valence-electron chi connectivity index (χ3n) is 3.47. The van der Waals surface area contributed by atoms with Crippen molar-refractivity contribution < 1.29 is 30.4 Å². The van der Waals surface area contributed by atoms with Crippen molar-refractivity contribution in [3.63, 3.8) is 0 Å². The molecule has 0 radical (unpaired) electrons. The number of nitrogens with one attached hydrogen (secondary N) is 2. The zero-order chi connectivity index (χ0) is 24.8. The van der Waals surface area contributed by atoms with Gasteiger partial charge in [0.2, 0.25) is 5.88 Å². The van der Waals surface area contributed by atoms with Crippen LogP contribution in [0.25, 0.3) is 22.0 Å². The molecule has 0 saturated carbocycles. The quantitative estimate of drug-likeness (QED) is 0.650. The molecule has 2 aromatic heterocycles. The number of aromatic carboxylic acids is 1. The molecule has 1 aromatic carbocycles. The maximum absolute atomic E-state index is 12.4. The van der Waals surface area contributed by atoms with Crippen molar-refractivity contribution in [1.29, 1.82) is 0 Å². The standard InChI is InChI=1S/C17H16N4O4/c1-3-18-15(22)14-11-5-4-9(7-13(11)20-21-14)10-6-12(17(23)24)16(25-2)19-8-10/h4-8H,3H2,1-2H3,(H,18,22)(H,20,21)(H,23,24)/i1D3,2D3,3D2. The van der Waals surface area contributed by atoms with Crippen LogP contribution in [0.1, 0.15) is 38.7 Å². The summed E-state index contributed by atoms with van der Waals surface area (Å²) < 4.78 is 62.6. The highest BCUT2D eigenvalue weighted by Crippen LogP contribution is 2.27. The van der Waals surface area contributed by atoms with Crippen LogP contribution in [0.5, 0.6) is 5.88 Å². The zero-order valence-electron chi connectivity index (χ0n) is 20.5. The third-order valence-corrected chi connectivity index (χ3v) is 3.47. The van der Waals surface area contributed by atoms with Gasteiger partial charge in [-0.3, -0.25) is 9.89 Å². The molecule has 3 rings (SSSR count). The Morgan fingerprint density at radius 1 is 1.40 bits per heavy atom. The number of carbonyl (C=O) groups is 2. The Bertz CT molecular complexity index is 1240. The number of carboxylic acid groups (broad SMARTS) is 1. The highest BCUT2D eigenvalue weighted by atomic mass is 16.5. The van der Waals surface area contributed by atoms with Crippen molar-refractivity contribution in [2.45, 2.75) is 6.85 Å². The van der Waals surface area contributed by atoms with E-state index in [9.17, 15) is 14.7 Å². The lowest BCUT2D eigenvalue weighted by molar-refractivity contribution is 0.0692. The van der Waals surface area contributed by atoms with Crippen LogP contribution in [0.2, 0.25) is 0 Å². The molecule has 0 unspecified atom stereocenters. The summed E-state index contributed by atoms with van der Waals surface area (Å²) in [6, 6.07) is 5.62. The molecule has 0 spiro atoms. The first-order valence-electron chi connectivity index (χ1n) is 10.8. The van der Waals surface area contributed by atoms with E-state index >= 15 is 0 Å². The monoisotopic (exact) mass is 348 g/mol. The van der Waals surface area contributed by atoms with E-state index < -0.39 is 43.7 Å². The van der Waals surface area contributed by atoms with Crippen LogP contribution in [-0.2, 0) is 0 Å². The van der Waals surface area contributed by atoms with Gasteiger partial charge in [-0.15, -0.1) is 0 Å². The van der Waals surface area contributed by atoms with Crippen molar-refractivity contribution in [1.82, 2.24) is 20.5 Å². The van der Waals surface area contributed by atoms with Crippen LogP contribution in [0.3, 0.4) is 0 Å². The lowest BCUT2D eigenvalue weighted by Gasteiger charge is -2.07. The van der Waals surface area contributed by atoms with Crippen molar-refractivity contribution in [2.75, 3.05) is 13.5 Å². The number of amides is 1. The van der Waals surface area contributed by atoms with Gasteiger partial charge in [0.1, 0.15) is 5.56 Å². The molecule has 0 atom stereocenters. The first-order chi connectivity index (χ1) is 15.1. The summed E-state index contributed by atoms with van der Waals surface area (Å²) in [6.45, 7) is -6.07. The summed E-state index contributed by atoms with van der Waals surface area (Å²) in [6.07, 6.45) is 1.21. The summed E-state index contributed by atoms with van der Waals surface area (Å²) in [5.41, 5.74) is 0.334. The molecule has 128 valence electrons. The van der Waals surface area contributed by atoms with Crippen molar-refractivity contribution in [3.05, 3.63) is 41.7 Å². The Labute approximate surface area is 154 Å². The molecule has 2 heterocycles. The summed E-state index contributed by atoms with van der Waals surface area (Å²) in [5.74, 6) is -3.07. The minimum atomic E-state index is -3.09. The summed E-state index contributed by atoms with van der Waals surface area (Å²) >= 11 is 0. The van der Waals surface area contributed by atoms with Crippen LogP contribution in [0, 0.1) is 0 Å². The van der Waals surface area contributed by atoms with Gasteiger partial charge < -0.3 is 15.2 Å². The highest BCUT2D eigenvalue weighted by molar-refractivity contribution is 6.05. The predicted molar refractivity (Wildman–Crippen MR) is 90.8 cm³/mol. The van der Waals surface area contributed by atoms with E-state index in [1.165, 1.54) is 30.5 Å². The minimum absolute atomic E-state index is 0.240. The van der Waals surface area contributed by atoms with E-state index in [1.807, 2.05) is 0 Å². The number of hydrogen-bond donors (Lipinski definition) is 3. The Hall–Kier alpha value is -3.42. The molecule has 8 nitrogen and oxygen atoms in total. The maximum atomic E-state index is 12.4. The number of rotatable bonds is 5. The van der Waals surface area contributed by atoms with E-state index in [0.29, 0.717) is 16.6 Å². The number of nitrogens with zero attached hydrogens (tertiary/aromatic N) is 2. The van der Waals surface area contributed by atoms with Crippen LogP contribution < -0.4 is 10.1 Å². The van der Waals surface area contributed by atoms with E-state index in [2.05, 4.69) is 19.9 Å². The van der Waals surface area contributed by atoms with Gasteiger partial charge in [0.15, 0.2) is 5.69 Å². The molecule has 3 N–H and O–H groups in total. The van der Waals surface area contributed by atoms with Gasteiger partial charge >= 0.3 is 5.97 Å². The Balaban J connectivity index is 1.95. The van der Waals surface area contributed by atoms with Crippen LogP contribution in [-0.4, -0.2) is 45.7 Å². The predicted octanol–water partition coefficient (Wildman–Crippen LogP) is 2.08. The van der Waals surface area contributed by atoms with E-state index in [4.69, 9.17) is 11.0 Å². The lowest BCUT2D eigenvalue weighted by atomic mass is 10.0. The highest BCUT2D eigenvalue weighted by Gasteiger charge is 2.16. The molecule has 0 aliphatic carbocycles. The minimum Gasteiger partial charge on any atom is -0.480 e. The first-order valence-corrected chi connectivity index (χ1v) is 6.82. The summed E-state index contributed by atoms with van der Waals surface area (Å²) in [5, 5.41) is 17.8.